The fourth-order valence-corrected chi connectivity index (χ4v) is 14.8. The zero-order valence-corrected chi connectivity index (χ0v) is 37.4. The van der Waals surface area contributed by atoms with Crippen LogP contribution < -0.4 is 0 Å². The van der Waals surface area contributed by atoms with Crippen molar-refractivity contribution >= 4 is 5.97 Å². The van der Waals surface area contributed by atoms with Crippen LogP contribution >= 0.6 is 0 Å². The molecule has 3 heterocycles. The Morgan fingerprint density at radius 1 is 0.710 bits per heavy atom. The molecule has 4 saturated carbocycles. The minimum Gasteiger partial charge on any atom is -0.481 e. The Morgan fingerprint density at radius 2 is 1.37 bits per heavy atom. The second-order valence-corrected chi connectivity index (χ2v) is 22.0. The molecule has 0 aromatic heterocycles. The molecule has 5 aliphatic carbocycles. The number of carbonyl (C=O) groups is 1. The molecule has 8 aliphatic rings. The third-order valence-corrected chi connectivity index (χ3v) is 18.9. The quantitative estimate of drug-likeness (QED) is 0.125. The van der Waals surface area contributed by atoms with Gasteiger partial charge in [0.05, 0.1) is 31.3 Å². The number of hydrogen-bond acceptors (Lipinski definition) is 15. The van der Waals surface area contributed by atoms with Gasteiger partial charge in [0.2, 0.25) is 0 Å². The molecule has 3 saturated heterocycles. The maximum Gasteiger partial charge on any atom is 0.310 e. The molecule has 0 aromatic carbocycles. The van der Waals surface area contributed by atoms with Gasteiger partial charge in [-0.3, -0.25) is 4.79 Å². The minimum absolute atomic E-state index is 0.0255. The number of carboxylic acid groups (broad SMARTS) is 1. The summed E-state index contributed by atoms with van der Waals surface area (Å²) in [7, 11) is 0. The number of rotatable bonds is 8. The van der Waals surface area contributed by atoms with E-state index in [0.29, 0.717) is 24.7 Å². The lowest BCUT2D eigenvalue weighted by molar-refractivity contribution is -0.384. The Balaban J connectivity index is 1.06. The van der Waals surface area contributed by atoms with Crippen molar-refractivity contribution < 1.29 is 79.2 Å². The number of ether oxygens (including phenoxy) is 6. The van der Waals surface area contributed by atoms with Crippen LogP contribution in [0.1, 0.15) is 106 Å². The van der Waals surface area contributed by atoms with E-state index in [2.05, 4.69) is 54.5 Å². The second kappa shape index (κ2) is 16.8. The van der Waals surface area contributed by atoms with E-state index in [1.165, 1.54) is 5.57 Å². The van der Waals surface area contributed by atoms with Crippen LogP contribution in [0.3, 0.4) is 0 Å². The van der Waals surface area contributed by atoms with Crippen molar-refractivity contribution in [2.45, 2.75) is 192 Å². The predicted octanol–water partition coefficient (Wildman–Crippen LogP) is 1.84. The Bertz CT molecular complexity index is 1680. The Labute approximate surface area is 364 Å². The number of fused-ring (bicyclic) bond motifs is 7. The van der Waals surface area contributed by atoms with Crippen LogP contribution in [0.5, 0.6) is 0 Å². The number of allylic oxidation sites excluding steroid dienone is 2. The van der Waals surface area contributed by atoms with Gasteiger partial charge in [-0.15, -0.1) is 0 Å². The first-order chi connectivity index (χ1) is 29.1. The first kappa shape index (κ1) is 47.2. The van der Waals surface area contributed by atoms with E-state index in [1.54, 1.807) is 0 Å². The van der Waals surface area contributed by atoms with Gasteiger partial charge in [0.15, 0.2) is 18.9 Å². The molecule has 0 bridgehead atoms. The van der Waals surface area contributed by atoms with Gasteiger partial charge < -0.3 is 74.4 Å². The third-order valence-electron chi connectivity index (χ3n) is 18.9. The average molecular weight is 883 g/mol. The molecule has 62 heavy (non-hydrogen) atoms. The Kier molecular flexibility index (Phi) is 12.7. The zero-order valence-electron chi connectivity index (χ0n) is 37.4. The van der Waals surface area contributed by atoms with Gasteiger partial charge >= 0.3 is 5.97 Å². The SMILES string of the molecule is CC1CCC2(C(=O)O)CCC3(C)C(=CCC4C5(C)CCC(OC6OCC(O)C(OC7OC(CO)C(O)C(O)C7O)C6OC6OCC(O)C(O)C6O)C(C)(C)C5CCC43C)C2C1C. The molecule has 7 fully saturated rings. The second-order valence-electron chi connectivity index (χ2n) is 22.0. The summed E-state index contributed by atoms with van der Waals surface area (Å²) in [5.74, 6) is 0.694. The maximum atomic E-state index is 13.2. The smallest absolute Gasteiger partial charge is 0.310 e. The summed E-state index contributed by atoms with van der Waals surface area (Å²) < 4.78 is 36.8. The van der Waals surface area contributed by atoms with Crippen LogP contribution in [0.15, 0.2) is 11.6 Å². The van der Waals surface area contributed by atoms with Crippen LogP contribution in [0, 0.1) is 56.7 Å². The van der Waals surface area contributed by atoms with E-state index in [1.807, 2.05) is 0 Å². The average Bonchev–Trinajstić information content (AvgIpc) is 3.22. The molecule has 0 radical (unpaired) electrons. The van der Waals surface area contributed by atoms with Crippen molar-refractivity contribution in [3.8, 4) is 0 Å². The number of hydrogen-bond donors (Lipinski definition) is 9. The van der Waals surface area contributed by atoms with Crippen molar-refractivity contribution in [3.63, 3.8) is 0 Å². The van der Waals surface area contributed by atoms with E-state index < -0.39 is 109 Å². The van der Waals surface area contributed by atoms with Gasteiger partial charge in [-0.2, -0.15) is 0 Å². The number of aliphatic carboxylic acids is 1. The molecule has 0 aromatic rings. The summed E-state index contributed by atoms with van der Waals surface area (Å²) in [6, 6.07) is 0. The number of carboxylic acids is 1. The lowest BCUT2D eigenvalue weighted by Crippen LogP contribution is -2.67. The van der Waals surface area contributed by atoms with Gasteiger partial charge in [-0.25, -0.2) is 0 Å². The van der Waals surface area contributed by atoms with E-state index in [4.69, 9.17) is 28.4 Å². The number of aliphatic hydroxyl groups is 8. The highest BCUT2D eigenvalue weighted by Gasteiger charge is 2.70. The summed E-state index contributed by atoms with van der Waals surface area (Å²) in [6.07, 6.45) is -10.2. The summed E-state index contributed by atoms with van der Waals surface area (Å²) in [4.78, 5) is 13.2. The van der Waals surface area contributed by atoms with Crippen molar-refractivity contribution in [3.05, 3.63) is 11.6 Å². The van der Waals surface area contributed by atoms with Crippen molar-refractivity contribution in [2.75, 3.05) is 19.8 Å². The zero-order chi connectivity index (χ0) is 45.1. The van der Waals surface area contributed by atoms with E-state index in [-0.39, 0.29) is 47.2 Å². The van der Waals surface area contributed by atoms with Gasteiger partial charge in [-0.1, -0.05) is 60.1 Å². The molecule has 23 atom stereocenters. The van der Waals surface area contributed by atoms with Crippen molar-refractivity contribution in [2.24, 2.45) is 56.7 Å². The molecule has 354 valence electrons. The molecule has 3 aliphatic heterocycles. The molecular weight excluding hydrogens is 808 g/mol. The maximum absolute atomic E-state index is 13.2. The summed E-state index contributed by atoms with van der Waals surface area (Å²) in [5, 5.41) is 95.5. The molecule has 0 spiro atoms. The molecule has 16 nitrogen and oxygen atoms in total. The van der Waals surface area contributed by atoms with Crippen molar-refractivity contribution in [1.29, 1.82) is 0 Å². The molecule has 23 unspecified atom stereocenters. The summed E-state index contributed by atoms with van der Waals surface area (Å²) in [5.41, 5.74) is -0.00995. The molecule has 16 heteroatoms. The Morgan fingerprint density at radius 3 is 2.06 bits per heavy atom. The van der Waals surface area contributed by atoms with Crippen LogP contribution in [0.25, 0.3) is 0 Å². The van der Waals surface area contributed by atoms with Gasteiger partial charge in [-0.05, 0) is 109 Å². The van der Waals surface area contributed by atoms with E-state index >= 15 is 0 Å². The first-order valence-electron chi connectivity index (χ1n) is 23.2. The molecule has 0 amide bonds. The van der Waals surface area contributed by atoms with Gasteiger partial charge in [0.25, 0.3) is 0 Å². The molecule has 9 N–H and O–H groups in total. The van der Waals surface area contributed by atoms with Gasteiger partial charge in [0.1, 0.15) is 61.0 Å². The standard InChI is InChI=1S/C46H74O16/c1-21-10-15-46(41(55)56)17-16-44(6)23(30(46)22(21)2)8-9-28-43(5)13-12-29(42(3,4)27(43)11-14-45(28,44)7)60-40-37(62-38-34(53)31(50)24(48)19-57-38)36(25(49)20-58-40)61-39-35(54)33(52)32(51)26(18-47)59-39/h8,21-22,24-40,47-54H,9-20H2,1-7H3,(H,55,56). The van der Waals surface area contributed by atoms with Crippen LogP contribution in [0.4, 0.5) is 0 Å². The largest absolute Gasteiger partial charge is 0.481 e. The molecular formula is C46H74O16. The minimum atomic E-state index is -1.79. The highest BCUT2D eigenvalue weighted by atomic mass is 16.8. The lowest BCUT2D eigenvalue weighted by Gasteiger charge is -2.71. The summed E-state index contributed by atoms with van der Waals surface area (Å²) in [6.45, 7) is 15.0. The predicted molar refractivity (Wildman–Crippen MR) is 218 cm³/mol. The van der Waals surface area contributed by atoms with Crippen LogP contribution in [-0.2, 0) is 33.2 Å². The lowest BCUT2D eigenvalue weighted by atomic mass is 9.33. The van der Waals surface area contributed by atoms with Gasteiger partial charge in [0, 0.05) is 0 Å². The number of aliphatic hydroxyl groups excluding tert-OH is 8. The topological polar surface area (TPSA) is 255 Å². The van der Waals surface area contributed by atoms with Crippen LogP contribution in [0.2, 0.25) is 0 Å². The van der Waals surface area contributed by atoms with E-state index in [0.717, 1.165) is 44.9 Å². The normalized spacial score (nSPS) is 55.1. The fraction of sp³-hybridized carbons (Fsp3) is 0.935. The van der Waals surface area contributed by atoms with E-state index in [9.17, 15) is 50.8 Å². The molecule has 8 rings (SSSR count). The first-order valence-corrected chi connectivity index (χ1v) is 23.2. The monoisotopic (exact) mass is 882 g/mol. The summed E-state index contributed by atoms with van der Waals surface area (Å²) >= 11 is 0. The highest BCUT2D eigenvalue weighted by Crippen LogP contribution is 2.76. The van der Waals surface area contributed by atoms with Crippen LogP contribution in [-0.4, -0.2) is 158 Å². The third kappa shape index (κ3) is 7.10. The fourth-order valence-electron chi connectivity index (χ4n) is 14.8. The van der Waals surface area contributed by atoms with Crippen molar-refractivity contribution in [1.82, 2.24) is 0 Å². The Hall–Kier alpha value is -1.35. The highest BCUT2D eigenvalue weighted by molar-refractivity contribution is 5.76.